The van der Waals surface area contributed by atoms with E-state index in [1.54, 1.807) is 19.9 Å². The molecule has 14 heavy (non-hydrogen) atoms. The first kappa shape index (κ1) is 9.08. The van der Waals surface area contributed by atoms with Gasteiger partial charge in [0.2, 0.25) is 0 Å². The lowest BCUT2D eigenvalue weighted by atomic mass is 10.1. The van der Waals surface area contributed by atoms with Crippen LogP contribution in [0.25, 0.3) is 10.1 Å². The maximum absolute atomic E-state index is 10.9. The molecule has 5 heteroatoms. The summed E-state index contributed by atoms with van der Waals surface area (Å²) in [4.78, 5) is 10.5. The van der Waals surface area contributed by atoms with Gasteiger partial charge in [0.1, 0.15) is 0 Å². The lowest BCUT2D eigenvalue weighted by Gasteiger charge is -1.98. The van der Waals surface area contributed by atoms with Crippen molar-refractivity contribution < 1.29 is 4.92 Å². The van der Waals surface area contributed by atoms with Crippen molar-refractivity contribution in [1.82, 2.24) is 4.37 Å². The van der Waals surface area contributed by atoms with Crippen molar-refractivity contribution in [2.45, 2.75) is 13.8 Å². The second kappa shape index (κ2) is 3.02. The van der Waals surface area contributed by atoms with Crippen molar-refractivity contribution in [1.29, 1.82) is 0 Å². The highest BCUT2D eigenvalue weighted by Gasteiger charge is 2.19. The first-order valence-corrected chi connectivity index (χ1v) is 4.88. The molecule has 0 saturated carbocycles. The van der Waals surface area contributed by atoms with E-state index in [0.29, 0.717) is 10.9 Å². The molecule has 0 unspecified atom stereocenters. The molecule has 0 atom stereocenters. The summed E-state index contributed by atoms with van der Waals surface area (Å²) in [5, 5.41) is 11.5. The Balaban J connectivity index is 2.94. The van der Waals surface area contributed by atoms with Crippen LogP contribution in [0.1, 0.15) is 11.3 Å². The van der Waals surface area contributed by atoms with E-state index >= 15 is 0 Å². The summed E-state index contributed by atoms with van der Waals surface area (Å²) in [6.45, 7) is 3.54. The molecule has 2 rings (SSSR count). The van der Waals surface area contributed by atoms with E-state index in [4.69, 9.17) is 0 Å². The number of nitrogens with zero attached hydrogens (tertiary/aromatic N) is 2. The number of hydrogen-bond acceptors (Lipinski definition) is 4. The fourth-order valence-corrected chi connectivity index (χ4v) is 2.29. The van der Waals surface area contributed by atoms with Gasteiger partial charge in [0.15, 0.2) is 0 Å². The van der Waals surface area contributed by atoms with Gasteiger partial charge in [0.25, 0.3) is 5.69 Å². The quantitative estimate of drug-likeness (QED) is 0.534. The molecule has 1 heterocycles. The van der Waals surface area contributed by atoms with Crippen molar-refractivity contribution in [2.24, 2.45) is 0 Å². The summed E-state index contributed by atoms with van der Waals surface area (Å²) in [5.41, 5.74) is 1.61. The maximum Gasteiger partial charge on any atom is 0.282 e. The molecule has 72 valence electrons. The van der Waals surface area contributed by atoms with Gasteiger partial charge < -0.3 is 0 Å². The Labute approximate surface area is 84.5 Å². The van der Waals surface area contributed by atoms with Gasteiger partial charge in [-0.2, -0.15) is 4.37 Å². The van der Waals surface area contributed by atoms with Crippen LogP contribution < -0.4 is 0 Å². The van der Waals surface area contributed by atoms with Crippen molar-refractivity contribution in [3.63, 3.8) is 0 Å². The van der Waals surface area contributed by atoms with E-state index in [1.165, 1.54) is 11.5 Å². The van der Waals surface area contributed by atoms with Crippen LogP contribution in [-0.4, -0.2) is 9.30 Å². The van der Waals surface area contributed by atoms with E-state index in [9.17, 15) is 10.1 Å². The molecule has 0 fully saturated rings. The van der Waals surface area contributed by atoms with Gasteiger partial charge in [-0.05, 0) is 31.4 Å². The van der Waals surface area contributed by atoms with Crippen LogP contribution in [0.4, 0.5) is 5.69 Å². The number of rotatable bonds is 1. The topological polar surface area (TPSA) is 56.0 Å². The Morgan fingerprint density at radius 2 is 2.14 bits per heavy atom. The van der Waals surface area contributed by atoms with Gasteiger partial charge in [-0.25, -0.2) is 0 Å². The van der Waals surface area contributed by atoms with Crippen LogP contribution in [-0.2, 0) is 0 Å². The summed E-state index contributed by atoms with van der Waals surface area (Å²) in [7, 11) is 0. The number of fused-ring (bicyclic) bond motifs is 1. The molecule has 4 nitrogen and oxygen atoms in total. The largest absolute Gasteiger partial charge is 0.282 e. The fourth-order valence-electron chi connectivity index (χ4n) is 1.50. The summed E-state index contributed by atoms with van der Waals surface area (Å²) in [5.74, 6) is 0. The molecule has 0 radical (unpaired) electrons. The molecule has 0 aliphatic carbocycles. The molecule has 0 amide bonds. The highest BCUT2D eigenvalue weighted by Crippen LogP contribution is 2.33. The molecule has 0 N–H and O–H groups in total. The Bertz CT molecular complexity index is 519. The van der Waals surface area contributed by atoms with Gasteiger partial charge in [-0.1, -0.05) is 6.07 Å². The average Bonchev–Trinajstić information content (AvgIpc) is 2.47. The van der Waals surface area contributed by atoms with Gasteiger partial charge in [0.05, 0.1) is 20.7 Å². The third kappa shape index (κ3) is 1.17. The molecule has 0 aliphatic rings. The summed E-state index contributed by atoms with van der Waals surface area (Å²) >= 11 is 1.30. The number of hydrogen-bond donors (Lipinski definition) is 0. The predicted octanol–water partition coefficient (Wildman–Crippen LogP) is 2.82. The van der Waals surface area contributed by atoms with Gasteiger partial charge in [-0.15, -0.1) is 0 Å². The third-order valence-electron chi connectivity index (χ3n) is 2.17. The molecular formula is C9H8N2O2S. The van der Waals surface area contributed by atoms with Crippen LogP contribution in [0, 0.1) is 24.0 Å². The summed E-state index contributed by atoms with van der Waals surface area (Å²) < 4.78 is 4.99. The molecule has 2 aromatic rings. The zero-order chi connectivity index (χ0) is 10.3. The Kier molecular flexibility index (Phi) is 1.96. The molecule has 0 saturated heterocycles. The van der Waals surface area contributed by atoms with Crippen LogP contribution >= 0.6 is 11.5 Å². The molecule has 1 aromatic carbocycles. The second-order valence-corrected chi connectivity index (χ2v) is 3.93. The number of nitro groups is 1. The molecule has 0 aliphatic heterocycles. The lowest BCUT2D eigenvalue weighted by molar-refractivity contribution is -0.383. The lowest BCUT2D eigenvalue weighted by Crippen LogP contribution is -1.92. The van der Waals surface area contributed by atoms with Crippen LogP contribution in [0.5, 0.6) is 0 Å². The van der Waals surface area contributed by atoms with E-state index in [2.05, 4.69) is 4.37 Å². The Morgan fingerprint density at radius 3 is 2.79 bits per heavy atom. The third-order valence-corrected chi connectivity index (χ3v) is 3.07. The predicted molar refractivity (Wildman–Crippen MR) is 55.7 cm³/mol. The minimum atomic E-state index is -0.334. The number of aromatic nitrogens is 1. The maximum atomic E-state index is 10.9. The minimum Gasteiger partial charge on any atom is -0.258 e. The Hall–Kier alpha value is -1.49. The molecular weight excluding hydrogens is 200 g/mol. The number of benzene rings is 1. The van der Waals surface area contributed by atoms with Gasteiger partial charge in [0, 0.05) is 5.56 Å². The smallest absolute Gasteiger partial charge is 0.258 e. The normalized spacial score (nSPS) is 10.7. The van der Waals surface area contributed by atoms with Crippen molar-refractivity contribution in [3.8, 4) is 0 Å². The first-order chi connectivity index (χ1) is 6.61. The second-order valence-electron chi connectivity index (χ2n) is 3.13. The zero-order valence-electron chi connectivity index (χ0n) is 7.77. The van der Waals surface area contributed by atoms with Crippen LogP contribution in [0.15, 0.2) is 12.1 Å². The molecule has 1 aromatic heterocycles. The van der Waals surface area contributed by atoms with E-state index in [1.807, 2.05) is 6.07 Å². The number of aryl methyl sites for hydroxylation is 2. The monoisotopic (exact) mass is 208 g/mol. The SMILES string of the molecule is Cc1ccc2snc(C)c2c1[N+](=O)[O-]. The van der Waals surface area contributed by atoms with Gasteiger partial charge in [-0.3, -0.25) is 10.1 Å². The average molecular weight is 208 g/mol. The molecule has 0 bridgehead atoms. The van der Waals surface area contributed by atoms with Gasteiger partial charge >= 0.3 is 0 Å². The van der Waals surface area contributed by atoms with Crippen LogP contribution in [0.2, 0.25) is 0 Å². The van der Waals surface area contributed by atoms with Crippen molar-refractivity contribution in [3.05, 3.63) is 33.5 Å². The van der Waals surface area contributed by atoms with Crippen LogP contribution in [0.3, 0.4) is 0 Å². The minimum absolute atomic E-state index is 0.189. The highest BCUT2D eigenvalue weighted by atomic mass is 32.1. The van der Waals surface area contributed by atoms with E-state index in [0.717, 1.165) is 10.4 Å². The Morgan fingerprint density at radius 1 is 1.43 bits per heavy atom. The first-order valence-electron chi connectivity index (χ1n) is 4.11. The van der Waals surface area contributed by atoms with E-state index < -0.39 is 0 Å². The van der Waals surface area contributed by atoms with Crippen molar-refractivity contribution in [2.75, 3.05) is 0 Å². The molecule has 0 spiro atoms. The standard InChI is InChI=1S/C9H8N2O2S/c1-5-3-4-7-8(6(2)10-14-7)9(5)11(12)13/h3-4H,1-2H3. The summed E-state index contributed by atoms with van der Waals surface area (Å²) in [6, 6.07) is 3.64. The number of nitro benzene ring substituents is 1. The summed E-state index contributed by atoms with van der Waals surface area (Å²) in [6.07, 6.45) is 0. The fraction of sp³-hybridized carbons (Fsp3) is 0.222. The highest BCUT2D eigenvalue weighted by molar-refractivity contribution is 7.13. The van der Waals surface area contributed by atoms with E-state index in [-0.39, 0.29) is 10.6 Å². The zero-order valence-corrected chi connectivity index (χ0v) is 8.59. The van der Waals surface area contributed by atoms with Crippen molar-refractivity contribution >= 4 is 27.3 Å².